The third kappa shape index (κ3) is 3.05. The number of nitrogens with one attached hydrogen (secondary N) is 1. The van der Waals surface area contributed by atoms with E-state index in [1.807, 2.05) is 0 Å². The van der Waals surface area contributed by atoms with Crippen LogP contribution in [0.25, 0.3) is 22.0 Å². The van der Waals surface area contributed by atoms with E-state index >= 15 is 0 Å². The third-order valence-corrected chi connectivity index (χ3v) is 4.84. The number of anilines is 1. The van der Waals surface area contributed by atoms with Gasteiger partial charge in [0.2, 0.25) is 0 Å². The fraction of sp³-hybridized carbons (Fsp3) is 0.200. The van der Waals surface area contributed by atoms with Gasteiger partial charge in [0.05, 0.1) is 5.56 Å². The topological polar surface area (TPSA) is 73.4 Å². The summed E-state index contributed by atoms with van der Waals surface area (Å²) < 4.78 is 39.9. The maximum atomic E-state index is 13.3. The first-order valence-electron chi connectivity index (χ1n) is 8.59. The number of aromatic amines is 1. The van der Waals surface area contributed by atoms with Gasteiger partial charge in [0.15, 0.2) is 0 Å². The SMILES string of the molecule is O=C1[C@@H](O)CCN1c1ccc2cc(-c3ccccc3C(F)(F)F)[nH]c(=O)c2c1. The molecule has 0 spiro atoms. The van der Waals surface area contributed by atoms with Crippen molar-refractivity contribution < 1.29 is 23.1 Å². The molecule has 144 valence electrons. The highest BCUT2D eigenvalue weighted by Crippen LogP contribution is 2.36. The molecular formula is C20H15F3N2O3. The minimum atomic E-state index is -4.55. The maximum Gasteiger partial charge on any atom is 0.417 e. The number of hydrogen-bond acceptors (Lipinski definition) is 3. The number of aromatic nitrogens is 1. The van der Waals surface area contributed by atoms with Crippen molar-refractivity contribution >= 4 is 22.4 Å². The van der Waals surface area contributed by atoms with Gasteiger partial charge in [-0.15, -0.1) is 0 Å². The molecule has 1 aromatic heterocycles. The number of benzene rings is 2. The molecule has 1 saturated heterocycles. The standard InChI is InChI=1S/C20H15F3N2O3/c21-20(22,23)15-4-2-1-3-13(15)16-9-11-5-6-12(10-14(11)18(27)24-16)25-8-7-17(26)19(25)28/h1-6,9-10,17,26H,7-8H2,(H,24,27)/t17-/m0/s1. The Morgan fingerprint density at radius 3 is 2.50 bits per heavy atom. The van der Waals surface area contributed by atoms with E-state index in [0.717, 1.165) is 6.07 Å². The Morgan fingerprint density at radius 1 is 1.07 bits per heavy atom. The number of pyridine rings is 1. The number of nitrogens with zero attached hydrogens (tertiary/aromatic N) is 1. The van der Waals surface area contributed by atoms with E-state index < -0.39 is 29.3 Å². The molecule has 3 aromatic rings. The van der Waals surface area contributed by atoms with E-state index in [9.17, 15) is 27.9 Å². The lowest BCUT2D eigenvalue weighted by atomic mass is 10.0. The number of halogens is 3. The molecule has 1 fully saturated rings. The van der Waals surface area contributed by atoms with Gasteiger partial charge >= 0.3 is 6.18 Å². The molecule has 1 atom stereocenters. The molecule has 2 heterocycles. The van der Waals surface area contributed by atoms with Crippen LogP contribution in [0.5, 0.6) is 0 Å². The molecule has 2 N–H and O–H groups in total. The molecule has 8 heteroatoms. The van der Waals surface area contributed by atoms with Crippen LogP contribution in [0, 0.1) is 0 Å². The van der Waals surface area contributed by atoms with Crippen molar-refractivity contribution in [3.05, 3.63) is 64.4 Å². The fourth-order valence-electron chi connectivity index (χ4n) is 3.45. The van der Waals surface area contributed by atoms with Gasteiger partial charge in [0.25, 0.3) is 11.5 Å². The van der Waals surface area contributed by atoms with Gasteiger partial charge in [-0.3, -0.25) is 9.59 Å². The number of rotatable bonds is 2. The summed E-state index contributed by atoms with van der Waals surface area (Å²) in [7, 11) is 0. The van der Waals surface area contributed by atoms with Crippen molar-refractivity contribution in [1.29, 1.82) is 0 Å². The van der Waals surface area contributed by atoms with Crippen LogP contribution >= 0.6 is 0 Å². The predicted octanol–water partition coefficient (Wildman–Crippen LogP) is 3.31. The normalized spacial score (nSPS) is 17.5. The minimum absolute atomic E-state index is 0.0610. The number of amides is 1. The van der Waals surface area contributed by atoms with E-state index in [1.165, 1.54) is 35.2 Å². The lowest BCUT2D eigenvalue weighted by Crippen LogP contribution is -2.29. The molecule has 0 unspecified atom stereocenters. The Balaban J connectivity index is 1.82. The van der Waals surface area contributed by atoms with Crippen molar-refractivity contribution in [1.82, 2.24) is 4.98 Å². The zero-order valence-corrected chi connectivity index (χ0v) is 14.5. The number of aliphatic hydroxyl groups is 1. The van der Waals surface area contributed by atoms with E-state index in [1.54, 1.807) is 12.1 Å². The Bertz CT molecular complexity index is 1140. The monoisotopic (exact) mass is 388 g/mol. The van der Waals surface area contributed by atoms with Gasteiger partial charge < -0.3 is 15.0 Å². The number of fused-ring (bicyclic) bond motifs is 1. The van der Waals surface area contributed by atoms with Crippen LogP contribution in [-0.4, -0.2) is 28.6 Å². The summed E-state index contributed by atoms with van der Waals surface area (Å²) in [6.07, 6.45) is -5.31. The number of carbonyl (C=O) groups excluding carboxylic acids is 1. The van der Waals surface area contributed by atoms with E-state index in [-0.39, 0.29) is 16.6 Å². The van der Waals surface area contributed by atoms with Crippen molar-refractivity contribution in [3.8, 4) is 11.3 Å². The number of alkyl halides is 3. The van der Waals surface area contributed by atoms with Gasteiger partial charge in [-0.1, -0.05) is 24.3 Å². The van der Waals surface area contributed by atoms with E-state index in [0.29, 0.717) is 24.0 Å². The summed E-state index contributed by atoms with van der Waals surface area (Å²) in [5.74, 6) is -0.438. The Hall–Kier alpha value is -3.13. The van der Waals surface area contributed by atoms with Crippen molar-refractivity contribution in [2.75, 3.05) is 11.4 Å². The first-order valence-corrected chi connectivity index (χ1v) is 8.59. The van der Waals surface area contributed by atoms with Crippen LogP contribution in [0.3, 0.4) is 0 Å². The molecular weight excluding hydrogens is 373 g/mol. The molecule has 0 aliphatic carbocycles. The third-order valence-electron chi connectivity index (χ3n) is 4.84. The largest absolute Gasteiger partial charge is 0.417 e. The van der Waals surface area contributed by atoms with Crippen molar-refractivity contribution in [2.45, 2.75) is 18.7 Å². The molecule has 0 bridgehead atoms. The molecule has 2 aromatic carbocycles. The molecule has 1 aliphatic heterocycles. The Labute approximate surface area is 157 Å². The predicted molar refractivity (Wildman–Crippen MR) is 98.0 cm³/mol. The summed E-state index contributed by atoms with van der Waals surface area (Å²) in [5, 5.41) is 10.3. The molecule has 0 radical (unpaired) electrons. The van der Waals surface area contributed by atoms with E-state index in [2.05, 4.69) is 4.98 Å². The highest BCUT2D eigenvalue weighted by molar-refractivity contribution is 6.00. The lowest BCUT2D eigenvalue weighted by Gasteiger charge is -2.17. The highest BCUT2D eigenvalue weighted by Gasteiger charge is 2.34. The van der Waals surface area contributed by atoms with Crippen molar-refractivity contribution in [2.24, 2.45) is 0 Å². The van der Waals surface area contributed by atoms with E-state index in [4.69, 9.17) is 0 Å². The Morgan fingerprint density at radius 2 is 1.82 bits per heavy atom. The average molecular weight is 388 g/mol. The van der Waals surface area contributed by atoms with Crippen LogP contribution in [0.1, 0.15) is 12.0 Å². The summed E-state index contributed by atoms with van der Waals surface area (Å²) in [6, 6.07) is 11.2. The first kappa shape index (κ1) is 18.2. The van der Waals surface area contributed by atoms with Crippen LogP contribution in [0.4, 0.5) is 18.9 Å². The van der Waals surface area contributed by atoms with Crippen LogP contribution in [-0.2, 0) is 11.0 Å². The Kier molecular flexibility index (Phi) is 4.23. The zero-order chi connectivity index (χ0) is 20.1. The molecule has 0 saturated carbocycles. The van der Waals surface area contributed by atoms with Gasteiger partial charge in [-0.2, -0.15) is 13.2 Å². The molecule has 5 nitrogen and oxygen atoms in total. The molecule has 1 aliphatic rings. The second-order valence-corrected chi connectivity index (χ2v) is 6.62. The molecule has 4 rings (SSSR count). The summed E-state index contributed by atoms with van der Waals surface area (Å²) in [4.78, 5) is 28.4. The summed E-state index contributed by atoms with van der Waals surface area (Å²) in [6.45, 7) is 0.334. The second kappa shape index (κ2) is 6.49. The van der Waals surface area contributed by atoms with Gasteiger partial charge in [-0.25, -0.2) is 0 Å². The number of carbonyl (C=O) groups is 1. The number of hydrogen-bond donors (Lipinski definition) is 2. The van der Waals surface area contributed by atoms with Crippen LogP contribution in [0.2, 0.25) is 0 Å². The van der Waals surface area contributed by atoms with Gasteiger partial charge in [0, 0.05) is 35.3 Å². The fourth-order valence-corrected chi connectivity index (χ4v) is 3.45. The van der Waals surface area contributed by atoms with Gasteiger partial charge in [0.1, 0.15) is 6.10 Å². The van der Waals surface area contributed by atoms with Crippen LogP contribution < -0.4 is 10.5 Å². The lowest BCUT2D eigenvalue weighted by molar-refractivity contribution is -0.137. The molecule has 1 amide bonds. The maximum absolute atomic E-state index is 13.3. The average Bonchev–Trinajstić information content (AvgIpc) is 2.99. The first-order chi connectivity index (χ1) is 13.3. The molecule has 28 heavy (non-hydrogen) atoms. The zero-order valence-electron chi connectivity index (χ0n) is 14.5. The summed E-state index contributed by atoms with van der Waals surface area (Å²) >= 11 is 0. The quantitative estimate of drug-likeness (QED) is 0.708. The van der Waals surface area contributed by atoms with Crippen LogP contribution in [0.15, 0.2) is 53.3 Å². The number of aliphatic hydroxyl groups excluding tert-OH is 1. The van der Waals surface area contributed by atoms with Crippen molar-refractivity contribution in [3.63, 3.8) is 0 Å². The summed E-state index contributed by atoms with van der Waals surface area (Å²) in [5.41, 5.74) is -0.985. The van der Waals surface area contributed by atoms with Gasteiger partial charge in [-0.05, 0) is 29.7 Å². The minimum Gasteiger partial charge on any atom is -0.383 e. The highest BCUT2D eigenvalue weighted by atomic mass is 19.4. The smallest absolute Gasteiger partial charge is 0.383 e. The number of H-pyrrole nitrogens is 1. The second-order valence-electron chi connectivity index (χ2n) is 6.62.